The van der Waals surface area contributed by atoms with Crippen LogP contribution in [0.25, 0.3) is 0 Å². The van der Waals surface area contributed by atoms with E-state index in [1.54, 1.807) is 0 Å². The highest BCUT2D eigenvalue weighted by molar-refractivity contribution is 5.92. The number of aliphatic hydroxyl groups is 1. The van der Waals surface area contributed by atoms with E-state index in [2.05, 4.69) is 24.1 Å². The number of hydrogen-bond donors (Lipinski definition) is 2. The van der Waals surface area contributed by atoms with Crippen LogP contribution >= 0.6 is 0 Å². The van der Waals surface area contributed by atoms with Gasteiger partial charge < -0.3 is 10.4 Å². The molecule has 3 nitrogen and oxygen atoms in total. The predicted molar refractivity (Wildman–Crippen MR) is 75.5 cm³/mol. The quantitative estimate of drug-likeness (QED) is 0.799. The van der Waals surface area contributed by atoms with Gasteiger partial charge >= 0.3 is 0 Å². The maximum Gasteiger partial charge on any atom is 0.227 e. The van der Waals surface area contributed by atoms with Crippen molar-refractivity contribution in [2.75, 3.05) is 11.9 Å². The third-order valence-electron chi connectivity index (χ3n) is 3.66. The van der Waals surface area contributed by atoms with E-state index in [4.69, 9.17) is 5.11 Å². The number of anilines is 1. The van der Waals surface area contributed by atoms with Crippen LogP contribution in [0.5, 0.6) is 0 Å². The van der Waals surface area contributed by atoms with Crippen LogP contribution in [0, 0.1) is 23.7 Å². The van der Waals surface area contributed by atoms with Gasteiger partial charge in [-0.15, -0.1) is 0 Å². The van der Waals surface area contributed by atoms with Crippen LogP contribution in [-0.2, 0) is 4.79 Å². The summed E-state index contributed by atoms with van der Waals surface area (Å²) in [7, 11) is 0. The molecule has 1 aliphatic carbocycles. The molecule has 1 aliphatic rings. The molecule has 0 saturated heterocycles. The second-order valence-corrected chi connectivity index (χ2v) is 5.04. The SMILES string of the molecule is CC1CCCC1C(=O)Nc1ccc(C#CCO)cc1. The fraction of sp³-hybridized carbons (Fsp3) is 0.438. The van der Waals surface area contributed by atoms with Gasteiger partial charge in [-0.1, -0.05) is 25.2 Å². The molecule has 1 amide bonds. The Morgan fingerprint density at radius 2 is 2.11 bits per heavy atom. The Morgan fingerprint density at radius 1 is 1.37 bits per heavy atom. The molecule has 1 fully saturated rings. The number of carbonyl (C=O) groups excluding carboxylic acids is 1. The zero-order valence-electron chi connectivity index (χ0n) is 11.1. The van der Waals surface area contributed by atoms with E-state index < -0.39 is 0 Å². The molecule has 0 spiro atoms. The van der Waals surface area contributed by atoms with Crippen LogP contribution in [0.15, 0.2) is 24.3 Å². The van der Waals surface area contributed by atoms with Gasteiger partial charge in [0.15, 0.2) is 0 Å². The molecule has 0 heterocycles. The number of carbonyl (C=O) groups is 1. The molecule has 0 aromatic heterocycles. The summed E-state index contributed by atoms with van der Waals surface area (Å²) in [5, 5.41) is 11.6. The van der Waals surface area contributed by atoms with Crippen molar-refractivity contribution in [1.29, 1.82) is 0 Å². The minimum absolute atomic E-state index is 0.124. The first kappa shape index (κ1) is 13.6. The van der Waals surface area contributed by atoms with E-state index in [1.807, 2.05) is 24.3 Å². The number of hydrogen-bond acceptors (Lipinski definition) is 2. The topological polar surface area (TPSA) is 49.3 Å². The lowest BCUT2D eigenvalue weighted by Crippen LogP contribution is -2.24. The van der Waals surface area contributed by atoms with Crippen molar-refractivity contribution in [3.05, 3.63) is 29.8 Å². The molecule has 2 rings (SSSR count). The van der Waals surface area contributed by atoms with E-state index in [9.17, 15) is 4.79 Å². The molecule has 1 aromatic rings. The lowest BCUT2D eigenvalue weighted by molar-refractivity contribution is -0.120. The summed E-state index contributed by atoms with van der Waals surface area (Å²) in [5.41, 5.74) is 1.64. The summed E-state index contributed by atoms with van der Waals surface area (Å²) in [6, 6.07) is 7.38. The summed E-state index contributed by atoms with van der Waals surface area (Å²) < 4.78 is 0. The van der Waals surface area contributed by atoms with Crippen molar-refractivity contribution in [3.63, 3.8) is 0 Å². The Morgan fingerprint density at radius 3 is 2.68 bits per heavy atom. The zero-order chi connectivity index (χ0) is 13.7. The van der Waals surface area contributed by atoms with E-state index in [0.717, 1.165) is 30.5 Å². The maximum atomic E-state index is 12.1. The molecule has 2 atom stereocenters. The molecule has 0 aliphatic heterocycles. The molecule has 100 valence electrons. The molecule has 3 heteroatoms. The molecular formula is C16H19NO2. The van der Waals surface area contributed by atoms with Crippen LogP contribution < -0.4 is 5.32 Å². The lowest BCUT2D eigenvalue weighted by Gasteiger charge is -2.15. The Bertz CT molecular complexity index is 496. The lowest BCUT2D eigenvalue weighted by atomic mass is 9.97. The highest BCUT2D eigenvalue weighted by atomic mass is 16.2. The van der Waals surface area contributed by atoms with Gasteiger partial charge in [-0.25, -0.2) is 0 Å². The van der Waals surface area contributed by atoms with Crippen LogP contribution in [0.4, 0.5) is 5.69 Å². The standard InChI is InChI=1S/C16H19NO2/c1-12-4-2-6-15(12)16(19)17-14-9-7-13(8-10-14)5-3-11-18/h7-10,12,15,18H,2,4,6,11H2,1H3,(H,17,19). The van der Waals surface area contributed by atoms with Gasteiger partial charge in [-0.3, -0.25) is 4.79 Å². The van der Waals surface area contributed by atoms with E-state index in [-0.39, 0.29) is 18.4 Å². The maximum absolute atomic E-state index is 12.1. The number of nitrogens with one attached hydrogen (secondary N) is 1. The van der Waals surface area contributed by atoms with Crippen LogP contribution in [-0.4, -0.2) is 17.6 Å². The van der Waals surface area contributed by atoms with Crippen molar-refractivity contribution in [3.8, 4) is 11.8 Å². The van der Waals surface area contributed by atoms with Gasteiger partial charge in [0.05, 0.1) is 0 Å². The zero-order valence-corrected chi connectivity index (χ0v) is 11.1. The van der Waals surface area contributed by atoms with Gasteiger partial charge in [0.2, 0.25) is 5.91 Å². The smallest absolute Gasteiger partial charge is 0.227 e. The second kappa shape index (κ2) is 6.40. The minimum atomic E-state index is -0.141. The van der Waals surface area contributed by atoms with Crippen molar-refractivity contribution in [2.24, 2.45) is 11.8 Å². The third kappa shape index (κ3) is 3.59. The predicted octanol–water partition coefficient (Wildman–Crippen LogP) is 2.41. The molecule has 1 aromatic carbocycles. The van der Waals surface area contributed by atoms with Gasteiger partial charge in [-0.2, -0.15) is 0 Å². The Balaban J connectivity index is 1.97. The molecule has 1 saturated carbocycles. The van der Waals surface area contributed by atoms with Crippen molar-refractivity contribution in [1.82, 2.24) is 0 Å². The fourth-order valence-electron chi connectivity index (χ4n) is 2.55. The number of rotatable bonds is 2. The van der Waals surface area contributed by atoms with E-state index in [1.165, 1.54) is 0 Å². The van der Waals surface area contributed by atoms with Gasteiger partial charge in [0, 0.05) is 17.2 Å². The minimum Gasteiger partial charge on any atom is -0.384 e. The summed E-state index contributed by atoms with van der Waals surface area (Å²) in [6.45, 7) is 2.00. The van der Waals surface area contributed by atoms with Crippen molar-refractivity contribution in [2.45, 2.75) is 26.2 Å². The first-order valence-corrected chi connectivity index (χ1v) is 6.71. The van der Waals surface area contributed by atoms with Crippen LogP contribution in [0.1, 0.15) is 31.7 Å². The van der Waals surface area contributed by atoms with Crippen LogP contribution in [0.2, 0.25) is 0 Å². The highest BCUT2D eigenvalue weighted by Gasteiger charge is 2.29. The normalized spacial score (nSPS) is 21.6. The first-order valence-electron chi connectivity index (χ1n) is 6.71. The Kier molecular flexibility index (Phi) is 4.59. The average Bonchev–Trinajstić information content (AvgIpc) is 2.84. The molecule has 0 radical (unpaired) electrons. The van der Waals surface area contributed by atoms with E-state index >= 15 is 0 Å². The fourth-order valence-corrected chi connectivity index (χ4v) is 2.55. The summed E-state index contributed by atoms with van der Waals surface area (Å²) in [5.74, 6) is 6.17. The highest BCUT2D eigenvalue weighted by Crippen LogP contribution is 2.32. The van der Waals surface area contributed by atoms with Crippen molar-refractivity contribution < 1.29 is 9.90 Å². The number of amides is 1. The third-order valence-corrected chi connectivity index (χ3v) is 3.66. The van der Waals surface area contributed by atoms with Gasteiger partial charge in [0.1, 0.15) is 6.61 Å². The molecule has 2 unspecified atom stereocenters. The van der Waals surface area contributed by atoms with Crippen molar-refractivity contribution >= 4 is 11.6 Å². The molecule has 0 bridgehead atoms. The molecular weight excluding hydrogens is 238 g/mol. The summed E-state index contributed by atoms with van der Waals surface area (Å²) in [4.78, 5) is 12.1. The average molecular weight is 257 g/mol. The Labute approximate surface area is 114 Å². The molecule has 19 heavy (non-hydrogen) atoms. The second-order valence-electron chi connectivity index (χ2n) is 5.04. The first-order chi connectivity index (χ1) is 9.20. The number of aliphatic hydroxyl groups excluding tert-OH is 1. The van der Waals surface area contributed by atoms with Gasteiger partial charge in [0.25, 0.3) is 0 Å². The molecule has 2 N–H and O–H groups in total. The Hall–Kier alpha value is -1.79. The van der Waals surface area contributed by atoms with Gasteiger partial charge in [-0.05, 0) is 43.0 Å². The largest absolute Gasteiger partial charge is 0.384 e. The van der Waals surface area contributed by atoms with Crippen LogP contribution in [0.3, 0.4) is 0 Å². The monoisotopic (exact) mass is 257 g/mol. The number of benzene rings is 1. The summed E-state index contributed by atoms with van der Waals surface area (Å²) in [6.07, 6.45) is 3.29. The summed E-state index contributed by atoms with van der Waals surface area (Å²) >= 11 is 0. The van der Waals surface area contributed by atoms with E-state index in [0.29, 0.717) is 5.92 Å².